The average Bonchev–Trinajstić information content (AvgIpc) is 3.16. The van der Waals surface area contributed by atoms with Crippen LogP contribution in [0.2, 0.25) is 0 Å². The summed E-state index contributed by atoms with van der Waals surface area (Å²) < 4.78 is 28.1. The van der Waals surface area contributed by atoms with E-state index >= 15 is 0 Å². The van der Waals surface area contributed by atoms with Crippen LogP contribution in [0.4, 0.5) is 10.5 Å². The minimum Gasteiger partial charge on any atom is -0.492 e. The first-order chi connectivity index (χ1) is 16.1. The van der Waals surface area contributed by atoms with Crippen LogP contribution in [0.1, 0.15) is 46.0 Å². The third-order valence-electron chi connectivity index (χ3n) is 7.05. The van der Waals surface area contributed by atoms with Gasteiger partial charge in [-0.3, -0.25) is 13.4 Å². The van der Waals surface area contributed by atoms with Gasteiger partial charge in [0.05, 0.1) is 18.0 Å². The van der Waals surface area contributed by atoms with Gasteiger partial charge in [-0.15, -0.1) is 10.8 Å². The first-order valence-electron chi connectivity index (χ1n) is 12.0. The molecule has 2 fully saturated rings. The van der Waals surface area contributed by atoms with Crippen molar-refractivity contribution in [3.05, 3.63) is 48.5 Å². The normalized spacial score (nSPS) is 20.6. The summed E-state index contributed by atoms with van der Waals surface area (Å²) in [6.07, 6.45) is 3.79. The predicted molar refractivity (Wildman–Crippen MR) is 138 cm³/mol. The molecule has 2 aromatic carbocycles. The fourth-order valence-electron chi connectivity index (χ4n) is 4.93. The van der Waals surface area contributed by atoms with Crippen LogP contribution in [0.3, 0.4) is 0 Å². The molecule has 0 bridgehead atoms. The predicted octanol–water partition coefficient (Wildman–Crippen LogP) is 6.56. The van der Waals surface area contributed by atoms with E-state index in [0.29, 0.717) is 36.6 Å². The van der Waals surface area contributed by atoms with Gasteiger partial charge in [0, 0.05) is 12.6 Å². The molecule has 7 nitrogen and oxygen atoms in total. The van der Waals surface area contributed by atoms with Crippen LogP contribution < -0.4 is 9.04 Å². The zero-order valence-corrected chi connectivity index (χ0v) is 20.8. The van der Waals surface area contributed by atoms with E-state index in [1.54, 1.807) is 4.31 Å². The molecule has 1 saturated heterocycles. The Hall–Kier alpha value is -2.42. The quantitative estimate of drug-likeness (QED) is 0.409. The van der Waals surface area contributed by atoms with Gasteiger partial charge < -0.3 is 14.7 Å². The number of ether oxygens (including phenoxy) is 1. The van der Waals surface area contributed by atoms with E-state index in [2.05, 4.69) is 13.8 Å². The van der Waals surface area contributed by atoms with Gasteiger partial charge in [-0.1, -0.05) is 38.1 Å². The number of carboxylic acid groups (broad SMARTS) is 1. The van der Waals surface area contributed by atoms with E-state index in [4.69, 9.17) is 4.74 Å². The number of hydrogen-bond acceptors (Lipinski definition) is 5. The van der Waals surface area contributed by atoms with Crippen molar-refractivity contribution < 1.29 is 23.7 Å². The fraction of sp³-hybridized carbons (Fsp3) is 0.500. The summed E-state index contributed by atoms with van der Waals surface area (Å²) in [4.78, 5) is 13.3. The highest BCUT2D eigenvalue weighted by atomic mass is 32.3. The Morgan fingerprint density at radius 3 is 2.44 bits per heavy atom. The number of carbonyl (C=O) groups is 1. The topological polar surface area (TPSA) is 93.5 Å². The number of nitrogens with zero attached hydrogens (tertiary/aromatic N) is 2. The van der Waals surface area contributed by atoms with Crippen LogP contribution in [0.5, 0.6) is 5.75 Å². The summed E-state index contributed by atoms with van der Waals surface area (Å²) in [6, 6.07) is 15.6. The minimum atomic E-state index is -2.72. The standard InChI is InChI=1S/C26H36N2O5S/c1-26(2)13-11-22(12-14-26)27(25(29)30)16-17-33-24-9-7-20(8-10-24)21-5-3-6-23(19-21)28-15-4-18-34(28,31)32/h3,5-10,19,22,31-32H,4,11-18H2,1-2H3,(H,29,30). The molecule has 0 atom stereocenters. The molecule has 0 aromatic heterocycles. The molecule has 0 radical (unpaired) electrons. The lowest BCUT2D eigenvalue weighted by molar-refractivity contribution is 0.0804. The van der Waals surface area contributed by atoms with E-state index in [9.17, 15) is 19.0 Å². The lowest BCUT2D eigenvalue weighted by Crippen LogP contribution is -2.44. The van der Waals surface area contributed by atoms with E-state index < -0.39 is 16.9 Å². The van der Waals surface area contributed by atoms with Gasteiger partial charge in [-0.25, -0.2) is 4.79 Å². The van der Waals surface area contributed by atoms with E-state index in [-0.39, 0.29) is 6.04 Å². The molecule has 3 N–H and O–H groups in total. The molecule has 8 heteroatoms. The lowest BCUT2D eigenvalue weighted by atomic mass is 9.75. The summed E-state index contributed by atoms with van der Waals surface area (Å²) in [5, 5.41) is 9.69. The molecule has 34 heavy (non-hydrogen) atoms. The second kappa shape index (κ2) is 10.1. The van der Waals surface area contributed by atoms with Crippen LogP contribution in [-0.2, 0) is 0 Å². The molecule has 1 aliphatic carbocycles. The Bertz CT molecular complexity index is 985. The second-order valence-electron chi connectivity index (χ2n) is 10.1. The maximum atomic E-state index is 11.8. The Morgan fingerprint density at radius 2 is 1.82 bits per heavy atom. The Morgan fingerprint density at radius 1 is 1.12 bits per heavy atom. The molecule has 1 aliphatic heterocycles. The average molecular weight is 489 g/mol. The van der Waals surface area contributed by atoms with Crippen molar-refractivity contribution in [1.29, 1.82) is 0 Å². The maximum absolute atomic E-state index is 11.8. The van der Waals surface area contributed by atoms with Crippen LogP contribution in [0, 0.1) is 5.41 Å². The van der Waals surface area contributed by atoms with Gasteiger partial charge in [0.1, 0.15) is 12.4 Å². The molecule has 186 valence electrons. The monoisotopic (exact) mass is 488 g/mol. The Balaban J connectivity index is 1.34. The van der Waals surface area contributed by atoms with Crippen molar-refractivity contribution >= 4 is 22.6 Å². The van der Waals surface area contributed by atoms with Crippen molar-refractivity contribution in [2.24, 2.45) is 5.41 Å². The molecule has 4 rings (SSSR count). The number of rotatable bonds is 7. The summed E-state index contributed by atoms with van der Waals surface area (Å²) in [5.41, 5.74) is 3.10. The number of benzene rings is 2. The minimum absolute atomic E-state index is 0.0674. The van der Waals surface area contributed by atoms with Crippen molar-refractivity contribution in [2.45, 2.75) is 52.0 Å². The molecule has 1 amide bonds. The first kappa shape index (κ1) is 24.7. The number of anilines is 1. The van der Waals surface area contributed by atoms with Crippen LogP contribution in [0.25, 0.3) is 11.1 Å². The Kier molecular flexibility index (Phi) is 7.31. The second-order valence-corrected chi connectivity index (χ2v) is 12.2. The fourth-order valence-corrected chi connectivity index (χ4v) is 6.54. The molecule has 1 heterocycles. The largest absolute Gasteiger partial charge is 0.492 e. The lowest BCUT2D eigenvalue weighted by Gasteiger charge is -2.38. The summed E-state index contributed by atoms with van der Waals surface area (Å²) in [5.74, 6) is 1.12. The van der Waals surface area contributed by atoms with Gasteiger partial charge in [-0.05, 0) is 72.9 Å². The molecule has 2 aliphatic rings. The molecular formula is C26H36N2O5S. The highest BCUT2D eigenvalue weighted by Crippen LogP contribution is 2.51. The van der Waals surface area contributed by atoms with Gasteiger partial charge in [-0.2, -0.15) is 0 Å². The van der Waals surface area contributed by atoms with Crippen molar-refractivity contribution in [1.82, 2.24) is 4.90 Å². The van der Waals surface area contributed by atoms with Gasteiger partial charge in [0.15, 0.2) is 0 Å². The molecular weight excluding hydrogens is 452 g/mol. The van der Waals surface area contributed by atoms with E-state index in [1.165, 1.54) is 4.90 Å². The highest BCUT2D eigenvalue weighted by molar-refractivity contribution is 8.25. The van der Waals surface area contributed by atoms with Gasteiger partial charge >= 0.3 is 6.09 Å². The summed E-state index contributed by atoms with van der Waals surface area (Å²) in [6.45, 7) is 5.80. The van der Waals surface area contributed by atoms with Crippen LogP contribution >= 0.6 is 10.8 Å². The van der Waals surface area contributed by atoms with Crippen LogP contribution in [-0.4, -0.2) is 56.7 Å². The maximum Gasteiger partial charge on any atom is 0.407 e. The SMILES string of the molecule is CC1(C)CCC(N(CCOc2ccc(-c3cccc(N4CCCS4(O)O)c3)cc2)C(=O)O)CC1. The third-order valence-corrected chi connectivity index (χ3v) is 8.99. The van der Waals surface area contributed by atoms with Crippen molar-refractivity contribution in [3.63, 3.8) is 0 Å². The van der Waals surface area contributed by atoms with E-state index in [0.717, 1.165) is 48.9 Å². The van der Waals surface area contributed by atoms with E-state index in [1.807, 2.05) is 48.5 Å². The number of hydrogen-bond donors (Lipinski definition) is 3. The molecule has 2 aromatic rings. The van der Waals surface area contributed by atoms with Gasteiger partial charge in [0.2, 0.25) is 0 Å². The summed E-state index contributed by atoms with van der Waals surface area (Å²) in [7, 11) is -2.72. The molecule has 0 spiro atoms. The van der Waals surface area contributed by atoms with Crippen LogP contribution in [0.15, 0.2) is 48.5 Å². The van der Waals surface area contributed by atoms with Gasteiger partial charge in [0.25, 0.3) is 0 Å². The van der Waals surface area contributed by atoms with Crippen molar-refractivity contribution in [2.75, 3.05) is 29.8 Å². The number of amides is 1. The van der Waals surface area contributed by atoms with Crippen molar-refractivity contribution in [3.8, 4) is 16.9 Å². The smallest absolute Gasteiger partial charge is 0.407 e. The zero-order valence-electron chi connectivity index (χ0n) is 20.0. The Labute approximate surface area is 203 Å². The zero-order chi connectivity index (χ0) is 24.3. The first-order valence-corrected chi connectivity index (χ1v) is 13.7. The highest BCUT2D eigenvalue weighted by Gasteiger charge is 2.32. The summed E-state index contributed by atoms with van der Waals surface area (Å²) >= 11 is 0. The molecule has 0 unspecified atom stereocenters. The third kappa shape index (κ3) is 5.79. The molecule has 1 saturated carbocycles.